The van der Waals surface area contributed by atoms with Crippen molar-refractivity contribution in [1.82, 2.24) is 9.80 Å². The summed E-state index contributed by atoms with van der Waals surface area (Å²) in [6.45, 7) is 5.86. The second-order valence-electron chi connectivity index (χ2n) is 5.67. The predicted octanol–water partition coefficient (Wildman–Crippen LogP) is 2.69. The molecular weight excluding hydrogens is 302 g/mol. The molecule has 23 heavy (non-hydrogen) atoms. The average Bonchev–Trinajstić information content (AvgIpc) is 2.55. The largest absolute Gasteiger partial charge is 0.343 e. The van der Waals surface area contributed by atoms with Gasteiger partial charge in [0.1, 0.15) is 17.2 Å². The van der Waals surface area contributed by atoms with Gasteiger partial charge in [0.05, 0.1) is 0 Å². The fourth-order valence-corrected chi connectivity index (χ4v) is 2.98. The van der Waals surface area contributed by atoms with Crippen LogP contribution in [0.5, 0.6) is 0 Å². The Labute approximate surface area is 135 Å². The number of hydrogen-bond acceptors (Lipinski definition) is 2. The van der Waals surface area contributed by atoms with Crippen molar-refractivity contribution >= 4 is 11.8 Å². The quantitative estimate of drug-likeness (QED) is 0.854. The number of amides is 2. The summed E-state index contributed by atoms with van der Waals surface area (Å²) in [7, 11) is 0. The van der Waals surface area contributed by atoms with Crippen LogP contribution in [0.2, 0.25) is 0 Å². The Kier molecular flexibility index (Phi) is 5.69. The Morgan fingerprint density at radius 2 is 1.65 bits per heavy atom. The molecule has 2 rings (SSSR count). The molecule has 0 saturated carbocycles. The highest BCUT2D eigenvalue weighted by atomic mass is 19.1. The van der Waals surface area contributed by atoms with Gasteiger partial charge in [0, 0.05) is 32.1 Å². The van der Waals surface area contributed by atoms with E-state index in [9.17, 15) is 18.4 Å². The summed E-state index contributed by atoms with van der Waals surface area (Å²) in [6, 6.07) is 3.39. The molecule has 0 atom stereocenters. The second-order valence-corrected chi connectivity index (χ2v) is 5.67. The molecule has 4 nitrogen and oxygen atoms in total. The van der Waals surface area contributed by atoms with Crippen LogP contribution in [0.1, 0.15) is 37.0 Å². The number of piperidine rings is 1. The maximum Gasteiger partial charge on any atom is 0.259 e. The summed E-state index contributed by atoms with van der Waals surface area (Å²) >= 11 is 0. The minimum Gasteiger partial charge on any atom is -0.343 e. The van der Waals surface area contributed by atoms with Crippen LogP contribution in [0.25, 0.3) is 0 Å². The van der Waals surface area contributed by atoms with E-state index in [0.717, 1.165) is 12.1 Å². The molecule has 1 aliphatic rings. The van der Waals surface area contributed by atoms with Crippen molar-refractivity contribution in [3.05, 3.63) is 35.4 Å². The number of benzene rings is 1. The van der Waals surface area contributed by atoms with Crippen molar-refractivity contribution in [3.8, 4) is 0 Å². The van der Waals surface area contributed by atoms with E-state index in [0.29, 0.717) is 39.0 Å². The number of carbonyl (C=O) groups excluding carboxylic acids is 2. The molecule has 1 aliphatic heterocycles. The molecule has 0 bridgehead atoms. The minimum atomic E-state index is -0.851. The lowest BCUT2D eigenvalue weighted by Gasteiger charge is -2.33. The third-order valence-corrected chi connectivity index (χ3v) is 4.38. The maximum atomic E-state index is 13.7. The van der Waals surface area contributed by atoms with Crippen molar-refractivity contribution in [2.75, 3.05) is 26.2 Å². The minimum absolute atomic E-state index is 0.0965. The Bertz CT molecular complexity index is 560. The van der Waals surface area contributed by atoms with Crippen LogP contribution in [0.15, 0.2) is 18.2 Å². The Morgan fingerprint density at radius 3 is 2.13 bits per heavy atom. The normalized spacial score (nSPS) is 15.6. The number of hydrogen-bond donors (Lipinski definition) is 0. The molecule has 0 aliphatic carbocycles. The first kappa shape index (κ1) is 17.4. The van der Waals surface area contributed by atoms with Gasteiger partial charge in [0.15, 0.2) is 0 Å². The summed E-state index contributed by atoms with van der Waals surface area (Å²) < 4.78 is 27.4. The van der Waals surface area contributed by atoms with Crippen LogP contribution in [-0.2, 0) is 4.79 Å². The lowest BCUT2D eigenvalue weighted by molar-refractivity contribution is -0.136. The molecule has 6 heteroatoms. The van der Waals surface area contributed by atoms with Crippen LogP contribution in [-0.4, -0.2) is 47.8 Å². The first-order chi connectivity index (χ1) is 11.0. The molecule has 2 amide bonds. The lowest BCUT2D eigenvalue weighted by atomic mass is 9.94. The summed E-state index contributed by atoms with van der Waals surface area (Å²) in [5, 5.41) is 0. The second kappa shape index (κ2) is 7.53. The van der Waals surface area contributed by atoms with Crippen LogP contribution in [0.4, 0.5) is 8.78 Å². The van der Waals surface area contributed by atoms with Crippen LogP contribution < -0.4 is 0 Å². The molecule has 0 radical (unpaired) electrons. The zero-order valence-corrected chi connectivity index (χ0v) is 13.5. The molecule has 126 valence electrons. The SMILES string of the molecule is CCN(CC)C(=O)C1CCN(C(=O)c2c(F)cccc2F)CC1. The highest BCUT2D eigenvalue weighted by Gasteiger charge is 2.31. The standard InChI is InChI=1S/C17H22F2N2O2/c1-3-20(4-2)16(22)12-8-10-21(11-9-12)17(23)15-13(18)6-5-7-14(15)19/h5-7,12H,3-4,8-11H2,1-2H3. The van der Waals surface area contributed by atoms with E-state index in [2.05, 4.69) is 0 Å². The van der Waals surface area contributed by atoms with Crippen LogP contribution >= 0.6 is 0 Å². The van der Waals surface area contributed by atoms with Gasteiger partial charge >= 0.3 is 0 Å². The number of nitrogens with zero attached hydrogens (tertiary/aromatic N) is 2. The molecule has 1 aromatic rings. The van der Waals surface area contributed by atoms with E-state index in [-0.39, 0.29) is 11.8 Å². The van der Waals surface area contributed by atoms with E-state index >= 15 is 0 Å². The Morgan fingerprint density at radius 1 is 1.13 bits per heavy atom. The van der Waals surface area contributed by atoms with Crippen molar-refractivity contribution < 1.29 is 18.4 Å². The Balaban J connectivity index is 2.02. The first-order valence-electron chi connectivity index (χ1n) is 8.01. The average molecular weight is 324 g/mol. The predicted molar refractivity (Wildman–Crippen MR) is 82.9 cm³/mol. The maximum absolute atomic E-state index is 13.7. The van der Waals surface area contributed by atoms with Gasteiger partial charge in [-0.3, -0.25) is 9.59 Å². The zero-order valence-electron chi connectivity index (χ0n) is 13.5. The van der Waals surface area contributed by atoms with Crippen molar-refractivity contribution in [2.24, 2.45) is 5.92 Å². The summed E-state index contributed by atoms with van der Waals surface area (Å²) in [6.07, 6.45) is 1.05. The number of carbonyl (C=O) groups is 2. The topological polar surface area (TPSA) is 40.6 Å². The van der Waals surface area contributed by atoms with Gasteiger partial charge in [-0.25, -0.2) is 8.78 Å². The number of halogens is 2. The van der Waals surface area contributed by atoms with E-state index in [4.69, 9.17) is 0 Å². The lowest BCUT2D eigenvalue weighted by Crippen LogP contribution is -2.44. The number of likely N-dealkylation sites (tertiary alicyclic amines) is 1. The van der Waals surface area contributed by atoms with Crippen LogP contribution in [0.3, 0.4) is 0 Å². The fourth-order valence-electron chi connectivity index (χ4n) is 2.98. The zero-order chi connectivity index (χ0) is 17.0. The molecule has 1 aromatic carbocycles. The monoisotopic (exact) mass is 324 g/mol. The van der Waals surface area contributed by atoms with E-state index < -0.39 is 23.1 Å². The fraction of sp³-hybridized carbons (Fsp3) is 0.529. The van der Waals surface area contributed by atoms with Crippen molar-refractivity contribution in [3.63, 3.8) is 0 Å². The third-order valence-electron chi connectivity index (χ3n) is 4.38. The van der Waals surface area contributed by atoms with Crippen molar-refractivity contribution in [2.45, 2.75) is 26.7 Å². The molecule has 0 unspecified atom stereocenters. The van der Waals surface area contributed by atoms with Gasteiger partial charge in [-0.05, 0) is 38.8 Å². The van der Waals surface area contributed by atoms with E-state index in [1.54, 1.807) is 4.90 Å². The number of rotatable bonds is 4. The third kappa shape index (κ3) is 3.68. The first-order valence-corrected chi connectivity index (χ1v) is 8.01. The Hall–Kier alpha value is -1.98. The van der Waals surface area contributed by atoms with Gasteiger partial charge in [0.25, 0.3) is 5.91 Å². The summed E-state index contributed by atoms with van der Waals surface area (Å²) in [5.41, 5.74) is -0.513. The molecule has 0 N–H and O–H groups in total. The molecule has 1 fully saturated rings. The van der Waals surface area contributed by atoms with Gasteiger partial charge in [-0.2, -0.15) is 0 Å². The smallest absolute Gasteiger partial charge is 0.259 e. The van der Waals surface area contributed by atoms with Gasteiger partial charge < -0.3 is 9.80 Å². The van der Waals surface area contributed by atoms with E-state index in [1.807, 2.05) is 13.8 Å². The molecule has 1 heterocycles. The van der Waals surface area contributed by atoms with Gasteiger partial charge in [-0.1, -0.05) is 6.07 Å². The van der Waals surface area contributed by atoms with E-state index in [1.165, 1.54) is 11.0 Å². The highest BCUT2D eigenvalue weighted by Crippen LogP contribution is 2.23. The van der Waals surface area contributed by atoms with Gasteiger partial charge in [0.2, 0.25) is 5.91 Å². The molecular formula is C17H22F2N2O2. The highest BCUT2D eigenvalue weighted by molar-refractivity contribution is 5.95. The summed E-state index contributed by atoms with van der Waals surface area (Å²) in [4.78, 5) is 27.8. The van der Waals surface area contributed by atoms with Crippen molar-refractivity contribution in [1.29, 1.82) is 0 Å². The molecule has 1 saturated heterocycles. The van der Waals surface area contributed by atoms with Crippen LogP contribution in [0, 0.1) is 17.6 Å². The molecule has 0 spiro atoms. The summed E-state index contributed by atoms with van der Waals surface area (Å²) in [5.74, 6) is -2.37. The molecule has 0 aromatic heterocycles. The van der Waals surface area contributed by atoms with Gasteiger partial charge in [-0.15, -0.1) is 0 Å².